The fourth-order valence-corrected chi connectivity index (χ4v) is 12.3. The second-order valence-electron chi connectivity index (χ2n) is 12.0. The van der Waals surface area contributed by atoms with E-state index in [-0.39, 0.29) is 37.3 Å². The van der Waals surface area contributed by atoms with Crippen molar-refractivity contribution < 1.29 is 18.8 Å². The van der Waals surface area contributed by atoms with Gasteiger partial charge >= 0.3 is 241 Å². The van der Waals surface area contributed by atoms with Crippen molar-refractivity contribution in [3.63, 3.8) is 0 Å². The molecule has 5 nitrogen and oxygen atoms in total. The summed E-state index contributed by atoms with van der Waals surface area (Å²) < 4.78 is 14.0. The van der Waals surface area contributed by atoms with Crippen LogP contribution in [0.2, 0.25) is 9.85 Å². The molecule has 0 radical (unpaired) electrons. The Morgan fingerprint density at radius 3 is 1.79 bits per heavy atom. The Morgan fingerprint density at radius 1 is 0.846 bits per heavy atom. The van der Waals surface area contributed by atoms with E-state index in [4.69, 9.17) is 9.16 Å². The molecule has 0 aromatic heterocycles. The topological polar surface area (TPSA) is 55.8 Å². The summed E-state index contributed by atoms with van der Waals surface area (Å²) in [4.78, 5) is 28.2. The number of rotatable bonds is 7. The number of ether oxygens (including phenoxy) is 1. The SMILES string of the molecule is CC(C)(C)OC(=O)N1C(=O)C([Se]c2ccccc2)C[C@H]1CO[Si](c1ccccc1)(c1ccccc1)C(C)(C)C. The number of imide groups is 1. The molecule has 0 N–H and O–H groups in total. The maximum absolute atomic E-state index is 13.7. The normalized spacial score (nSPS) is 18.3. The van der Waals surface area contributed by atoms with Gasteiger partial charge in [-0.05, 0) is 0 Å². The minimum atomic E-state index is -2.83. The minimum absolute atomic E-state index is 0.106. The number of likely N-dealkylation sites (tertiary alicyclic amines) is 1. The molecule has 4 rings (SSSR count). The summed E-state index contributed by atoms with van der Waals surface area (Å²) in [5.41, 5.74) is -0.705. The predicted octanol–water partition coefficient (Wildman–Crippen LogP) is 4.92. The van der Waals surface area contributed by atoms with E-state index >= 15 is 0 Å². The van der Waals surface area contributed by atoms with E-state index in [0.29, 0.717) is 6.42 Å². The van der Waals surface area contributed by atoms with E-state index in [9.17, 15) is 9.59 Å². The Bertz CT molecular complexity index is 1220. The van der Waals surface area contributed by atoms with Crippen LogP contribution >= 0.6 is 0 Å². The van der Waals surface area contributed by atoms with Gasteiger partial charge in [0, 0.05) is 0 Å². The summed E-state index contributed by atoms with van der Waals surface area (Å²) in [6, 6.07) is 30.5. The Morgan fingerprint density at radius 2 is 1.33 bits per heavy atom. The molecule has 2 amide bonds. The average molecular weight is 609 g/mol. The summed E-state index contributed by atoms with van der Waals surface area (Å²) in [7, 11) is -2.83. The van der Waals surface area contributed by atoms with Gasteiger partial charge in [0.05, 0.1) is 0 Å². The summed E-state index contributed by atoms with van der Waals surface area (Å²) in [5, 5.41) is 2.13. The van der Waals surface area contributed by atoms with Crippen LogP contribution in [0.15, 0.2) is 91.0 Å². The molecule has 1 aliphatic rings. The zero-order valence-corrected chi connectivity index (χ0v) is 26.4. The van der Waals surface area contributed by atoms with Crippen LogP contribution in [0.25, 0.3) is 0 Å². The van der Waals surface area contributed by atoms with Crippen molar-refractivity contribution in [2.45, 2.75) is 69.5 Å². The van der Waals surface area contributed by atoms with Gasteiger partial charge in [0.25, 0.3) is 0 Å². The second-order valence-corrected chi connectivity index (χ2v) is 19.0. The van der Waals surface area contributed by atoms with Gasteiger partial charge in [-0.15, -0.1) is 0 Å². The van der Waals surface area contributed by atoms with Crippen LogP contribution in [0, 0.1) is 0 Å². The number of amides is 2. The van der Waals surface area contributed by atoms with Crippen molar-refractivity contribution in [2.24, 2.45) is 0 Å². The number of hydrogen-bond acceptors (Lipinski definition) is 4. The molecule has 1 fully saturated rings. The van der Waals surface area contributed by atoms with Crippen molar-refractivity contribution in [1.82, 2.24) is 4.90 Å². The number of benzene rings is 3. The fraction of sp³-hybridized carbons (Fsp3) is 0.375. The molecule has 1 unspecified atom stereocenters. The summed E-state index contributed by atoms with van der Waals surface area (Å²) >= 11 is -0.106. The molecule has 1 heterocycles. The van der Waals surface area contributed by atoms with Gasteiger partial charge in [-0.2, -0.15) is 0 Å². The Hall–Kier alpha value is -2.70. The molecular weight excluding hydrogens is 569 g/mol. The Labute approximate surface area is 240 Å². The monoisotopic (exact) mass is 609 g/mol. The predicted molar refractivity (Wildman–Crippen MR) is 161 cm³/mol. The fourth-order valence-electron chi connectivity index (χ4n) is 5.23. The van der Waals surface area contributed by atoms with E-state index in [0.717, 1.165) is 4.46 Å². The third-order valence-electron chi connectivity index (χ3n) is 6.88. The molecule has 3 aromatic carbocycles. The molecule has 0 bridgehead atoms. The molecule has 0 spiro atoms. The Kier molecular flexibility index (Phi) is 8.87. The van der Waals surface area contributed by atoms with E-state index in [2.05, 4.69) is 81.4 Å². The number of nitrogens with zero attached hydrogens (tertiary/aromatic N) is 1. The van der Waals surface area contributed by atoms with E-state index in [1.807, 2.05) is 51.1 Å². The molecule has 206 valence electrons. The second kappa shape index (κ2) is 11.8. The average Bonchev–Trinajstić information content (AvgIpc) is 3.19. The van der Waals surface area contributed by atoms with E-state index < -0.39 is 26.1 Å². The first-order valence-corrected chi connectivity index (χ1v) is 17.2. The molecule has 3 aromatic rings. The van der Waals surface area contributed by atoms with Crippen molar-refractivity contribution in [2.75, 3.05) is 6.61 Å². The van der Waals surface area contributed by atoms with Gasteiger partial charge < -0.3 is 0 Å². The summed E-state index contributed by atoms with van der Waals surface area (Å²) in [5.74, 6) is -0.163. The number of carbonyl (C=O) groups excluding carboxylic acids is 2. The molecule has 39 heavy (non-hydrogen) atoms. The first-order chi connectivity index (χ1) is 18.4. The van der Waals surface area contributed by atoms with Crippen LogP contribution in [-0.4, -0.2) is 58.4 Å². The van der Waals surface area contributed by atoms with Gasteiger partial charge in [0.2, 0.25) is 0 Å². The Balaban J connectivity index is 1.71. The van der Waals surface area contributed by atoms with E-state index in [1.54, 1.807) is 0 Å². The van der Waals surface area contributed by atoms with Crippen molar-refractivity contribution in [3.8, 4) is 0 Å². The van der Waals surface area contributed by atoms with Crippen LogP contribution in [0.5, 0.6) is 0 Å². The van der Waals surface area contributed by atoms with Crippen LogP contribution < -0.4 is 14.8 Å². The van der Waals surface area contributed by atoms with Crippen LogP contribution in [0.1, 0.15) is 48.0 Å². The quantitative estimate of drug-likeness (QED) is 0.358. The zero-order chi connectivity index (χ0) is 28.3. The molecule has 7 heteroatoms. The first-order valence-electron chi connectivity index (χ1n) is 13.5. The zero-order valence-electron chi connectivity index (χ0n) is 23.7. The third kappa shape index (κ3) is 6.55. The molecule has 0 saturated carbocycles. The van der Waals surface area contributed by atoms with Gasteiger partial charge in [0.1, 0.15) is 0 Å². The summed E-state index contributed by atoms with van der Waals surface area (Å²) in [6.45, 7) is 12.4. The molecule has 1 aliphatic heterocycles. The maximum atomic E-state index is 13.7. The number of hydrogen-bond donors (Lipinski definition) is 0. The van der Waals surface area contributed by atoms with Gasteiger partial charge in [-0.3, -0.25) is 0 Å². The van der Waals surface area contributed by atoms with Gasteiger partial charge in [-0.1, -0.05) is 0 Å². The van der Waals surface area contributed by atoms with Crippen LogP contribution in [0.3, 0.4) is 0 Å². The first kappa shape index (κ1) is 29.3. The summed E-state index contributed by atoms with van der Waals surface area (Å²) in [6.07, 6.45) is -0.0274. The van der Waals surface area contributed by atoms with Crippen molar-refractivity contribution >= 4 is 50.1 Å². The third-order valence-corrected chi connectivity index (χ3v) is 14.5. The van der Waals surface area contributed by atoms with Crippen molar-refractivity contribution in [1.29, 1.82) is 0 Å². The number of carbonyl (C=O) groups is 2. The van der Waals surface area contributed by atoms with Gasteiger partial charge in [0.15, 0.2) is 0 Å². The van der Waals surface area contributed by atoms with E-state index in [1.165, 1.54) is 15.3 Å². The van der Waals surface area contributed by atoms with Crippen LogP contribution in [0.4, 0.5) is 4.79 Å². The molecule has 1 saturated heterocycles. The van der Waals surface area contributed by atoms with Crippen LogP contribution in [-0.2, 0) is 14.0 Å². The van der Waals surface area contributed by atoms with Gasteiger partial charge in [-0.25, -0.2) is 0 Å². The molecule has 0 aliphatic carbocycles. The van der Waals surface area contributed by atoms with Crippen molar-refractivity contribution in [3.05, 3.63) is 91.0 Å². The molecule has 2 atom stereocenters. The standard InChI is InChI=1S/C32H39NO4SeSi/c1-31(2,3)37-30(35)33-24(22-28(29(33)34)38-25-16-10-7-11-17-25)23-36-39(32(4,5)6,26-18-12-8-13-19-26)27-20-14-9-15-21-27/h7-21,24,28H,22-23H2,1-6H3/t24-,28?/m0/s1. The molecular formula is C32H39NO4SeSi.